The summed E-state index contributed by atoms with van der Waals surface area (Å²) >= 11 is 1.47. The number of hydrogen-bond donors (Lipinski definition) is 2. The van der Waals surface area contributed by atoms with Crippen LogP contribution in [0.15, 0.2) is 131 Å². The third-order valence-electron chi connectivity index (χ3n) is 6.90. The lowest BCUT2D eigenvalue weighted by Crippen LogP contribution is -2.11. The molecule has 0 amide bonds. The molecule has 0 saturated carbocycles. The van der Waals surface area contributed by atoms with Crippen LogP contribution in [0.25, 0.3) is 0 Å². The largest absolute Gasteiger partial charge is 0.311 e. The molecular weight excluding hydrogens is 556 g/mol. The zero-order valence-corrected chi connectivity index (χ0v) is 24.4. The molecule has 0 heterocycles. The number of carbonyl (C=O) groups is 1. The predicted octanol–water partition coefficient (Wildman–Crippen LogP) is 9.22. The Kier molecular flexibility index (Phi) is 8.59. The molecule has 0 spiro atoms. The number of hydrogen-bond acceptors (Lipinski definition) is 7. The minimum atomic E-state index is -0.424. The van der Waals surface area contributed by atoms with Crippen molar-refractivity contribution in [1.29, 1.82) is 10.8 Å². The Bertz CT molecular complexity index is 1740. The Hall–Kier alpha value is -5.34. The second-order valence-electron chi connectivity index (χ2n) is 9.93. The second kappa shape index (κ2) is 12.7. The number of benzene rings is 5. The van der Waals surface area contributed by atoms with Crippen molar-refractivity contribution in [1.82, 2.24) is 0 Å². The van der Waals surface area contributed by atoms with Crippen LogP contribution in [0, 0.1) is 20.9 Å². The van der Waals surface area contributed by atoms with Gasteiger partial charge in [0.15, 0.2) is 5.78 Å². The number of nitro benzene ring substituents is 1. The monoisotopic (exact) mass is 584 g/mol. The Labute approximate surface area is 254 Å². The van der Waals surface area contributed by atoms with E-state index in [2.05, 4.69) is 4.90 Å². The lowest BCUT2D eigenvalue weighted by atomic mass is 10.0. The number of non-ortho nitro benzene ring substituents is 1. The van der Waals surface area contributed by atoms with Crippen molar-refractivity contribution in [3.05, 3.63) is 154 Å². The number of nitrogens with one attached hydrogen (secondary N) is 2. The highest BCUT2D eigenvalue weighted by Crippen LogP contribution is 2.35. The van der Waals surface area contributed by atoms with Gasteiger partial charge in [-0.25, -0.2) is 0 Å². The van der Waals surface area contributed by atoms with Crippen LogP contribution >= 0.6 is 11.8 Å². The molecule has 0 radical (unpaired) electrons. The maximum atomic E-state index is 13.3. The van der Waals surface area contributed by atoms with Crippen molar-refractivity contribution in [3.8, 4) is 0 Å². The Morgan fingerprint density at radius 3 is 1.26 bits per heavy atom. The highest BCUT2D eigenvalue weighted by atomic mass is 32.2. The topological polar surface area (TPSA) is 111 Å². The summed E-state index contributed by atoms with van der Waals surface area (Å²) in [4.78, 5) is 27.6. The van der Waals surface area contributed by atoms with Crippen LogP contribution in [0.2, 0.25) is 0 Å². The van der Waals surface area contributed by atoms with Crippen molar-refractivity contribution in [3.63, 3.8) is 0 Å². The average molecular weight is 585 g/mol. The minimum Gasteiger partial charge on any atom is -0.311 e. The van der Waals surface area contributed by atoms with E-state index in [9.17, 15) is 14.9 Å². The lowest BCUT2D eigenvalue weighted by molar-refractivity contribution is -0.384. The van der Waals surface area contributed by atoms with Crippen LogP contribution in [-0.2, 0) is 0 Å². The molecule has 5 aromatic carbocycles. The quantitative estimate of drug-likeness (QED) is 0.0735. The molecule has 2 N–H and O–H groups in total. The molecule has 5 aromatic rings. The molecule has 0 aliphatic heterocycles. The molecule has 0 fully saturated rings. The minimum absolute atomic E-state index is 0.0472. The summed E-state index contributed by atoms with van der Waals surface area (Å²) in [5.74, 6) is -0.0957. The molecule has 0 atom stereocenters. The summed E-state index contributed by atoms with van der Waals surface area (Å²) in [7, 11) is 0. The average Bonchev–Trinajstić information content (AvgIpc) is 3.02. The molecule has 0 aromatic heterocycles. The van der Waals surface area contributed by atoms with Gasteiger partial charge in [-0.1, -0.05) is 36.0 Å². The van der Waals surface area contributed by atoms with E-state index in [0.717, 1.165) is 38.0 Å². The van der Waals surface area contributed by atoms with Crippen molar-refractivity contribution in [2.24, 2.45) is 0 Å². The SMILES string of the molecule is CC(=N)c1ccc(N(c2ccc(C(C)=N)cc2)c2ccc(C(=O)c3ccc(Sc4ccc([N+](=O)[O-])cc4)cc3)cc2)cc1. The molecule has 0 unspecified atom stereocenters. The van der Waals surface area contributed by atoms with Crippen LogP contribution in [-0.4, -0.2) is 22.1 Å². The summed E-state index contributed by atoms with van der Waals surface area (Å²) in [6.45, 7) is 3.51. The van der Waals surface area contributed by atoms with Gasteiger partial charge in [0.25, 0.3) is 5.69 Å². The van der Waals surface area contributed by atoms with Gasteiger partial charge < -0.3 is 15.7 Å². The normalized spacial score (nSPS) is 10.7. The smallest absolute Gasteiger partial charge is 0.269 e. The Morgan fingerprint density at radius 1 is 0.581 bits per heavy atom. The molecule has 0 bridgehead atoms. The molecule has 8 heteroatoms. The van der Waals surface area contributed by atoms with E-state index in [1.54, 1.807) is 38.1 Å². The highest BCUT2D eigenvalue weighted by Gasteiger charge is 2.15. The van der Waals surface area contributed by atoms with Crippen molar-refractivity contribution in [2.45, 2.75) is 23.6 Å². The van der Waals surface area contributed by atoms with Gasteiger partial charge in [-0.05, 0) is 110 Å². The number of anilines is 3. The molecule has 0 aliphatic rings. The van der Waals surface area contributed by atoms with Crippen molar-refractivity contribution < 1.29 is 9.72 Å². The lowest BCUT2D eigenvalue weighted by Gasteiger charge is -2.26. The van der Waals surface area contributed by atoms with Crippen molar-refractivity contribution >= 4 is 51.7 Å². The summed E-state index contributed by atoms with van der Waals surface area (Å²) in [5.41, 5.74) is 6.52. The maximum absolute atomic E-state index is 13.3. The third-order valence-corrected chi connectivity index (χ3v) is 7.92. The molecule has 5 rings (SSSR count). The predicted molar refractivity (Wildman–Crippen MR) is 173 cm³/mol. The summed E-state index contributed by atoms with van der Waals surface area (Å²) in [6, 6.07) is 36.7. The fraction of sp³-hybridized carbons (Fsp3) is 0.0571. The van der Waals surface area contributed by atoms with Gasteiger partial charge in [-0.3, -0.25) is 14.9 Å². The van der Waals surface area contributed by atoms with E-state index in [0.29, 0.717) is 22.6 Å². The maximum Gasteiger partial charge on any atom is 0.269 e. The van der Waals surface area contributed by atoms with E-state index >= 15 is 0 Å². The first-order valence-electron chi connectivity index (χ1n) is 13.5. The fourth-order valence-electron chi connectivity index (χ4n) is 4.54. The molecule has 0 saturated heterocycles. The van der Waals surface area contributed by atoms with E-state index in [-0.39, 0.29) is 11.5 Å². The van der Waals surface area contributed by atoms with Crippen LogP contribution in [0.1, 0.15) is 40.9 Å². The van der Waals surface area contributed by atoms with Gasteiger partial charge in [-0.15, -0.1) is 0 Å². The number of nitrogens with zero attached hydrogens (tertiary/aromatic N) is 2. The van der Waals surface area contributed by atoms with Gasteiger partial charge in [0.05, 0.1) is 4.92 Å². The second-order valence-corrected chi connectivity index (χ2v) is 11.1. The van der Waals surface area contributed by atoms with E-state index in [1.807, 2.05) is 84.9 Å². The molecular formula is C35H28N4O3S. The number of nitro groups is 1. The summed E-state index contributed by atoms with van der Waals surface area (Å²) in [6.07, 6.45) is 0. The fourth-order valence-corrected chi connectivity index (χ4v) is 5.36. The van der Waals surface area contributed by atoms with E-state index < -0.39 is 4.92 Å². The number of rotatable bonds is 10. The van der Waals surface area contributed by atoms with Crippen molar-refractivity contribution in [2.75, 3.05) is 4.90 Å². The first-order chi connectivity index (χ1) is 20.7. The van der Waals surface area contributed by atoms with Gasteiger partial charge in [0.2, 0.25) is 0 Å². The number of carbonyl (C=O) groups excluding carboxylic acids is 1. The Morgan fingerprint density at radius 2 is 0.907 bits per heavy atom. The summed E-state index contributed by atoms with van der Waals surface area (Å²) < 4.78 is 0. The van der Waals surface area contributed by atoms with E-state index in [4.69, 9.17) is 10.8 Å². The van der Waals surface area contributed by atoms with Gasteiger partial charge in [0.1, 0.15) is 0 Å². The van der Waals surface area contributed by atoms with Crippen LogP contribution in [0.4, 0.5) is 22.7 Å². The molecule has 7 nitrogen and oxygen atoms in total. The summed E-state index contributed by atoms with van der Waals surface area (Å²) in [5, 5.41) is 26.8. The first kappa shape index (κ1) is 29.2. The highest BCUT2D eigenvalue weighted by molar-refractivity contribution is 7.99. The van der Waals surface area contributed by atoms with E-state index in [1.165, 1.54) is 23.9 Å². The van der Waals surface area contributed by atoms with Gasteiger partial charge >= 0.3 is 0 Å². The first-order valence-corrected chi connectivity index (χ1v) is 14.3. The molecule has 212 valence electrons. The molecule has 43 heavy (non-hydrogen) atoms. The van der Waals surface area contributed by atoms with Crippen LogP contribution in [0.3, 0.4) is 0 Å². The van der Waals surface area contributed by atoms with Gasteiger partial charge in [0, 0.05) is 61.5 Å². The zero-order valence-electron chi connectivity index (χ0n) is 23.6. The standard InChI is InChI=1S/C35H28N4O3S/c1-23(36)25-3-11-29(12-4-25)38(30-13-5-26(6-14-30)24(2)37)31-15-7-27(8-16-31)35(40)28-9-19-33(20-10-28)43-34-21-17-32(18-22-34)39(41)42/h3-22,36-37H,1-2H3. The third kappa shape index (κ3) is 6.77. The molecule has 0 aliphatic carbocycles. The number of ketones is 1. The van der Waals surface area contributed by atoms with Crippen LogP contribution in [0.5, 0.6) is 0 Å². The van der Waals surface area contributed by atoms with Crippen LogP contribution < -0.4 is 4.90 Å². The Balaban J connectivity index is 1.37. The zero-order chi connectivity index (χ0) is 30.5. The van der Waals surface area contributed by atoms with Gasteiger partial charge in [-0.2, -0.15) is 0 Å².